The molecule has 0 saturated carbocycles. The summed E-state index contributed by atoms with van der Waals surface area (Å²) in [4.78, 5) is 40.4. The normalized spacial score (nSPS) is 22.4. The van der Waals surface area contributed by atoms with Gasteiger partial charge in [-0.05, 0) is 42.8 Å². The number of urea groups is 1. The number of rotatable bonds is 3. The second-order valence-electron chi connectivity index (χ2n) is 7.24. The topological polar surface area (TPSA) is 97.0 Å². The number of ether oxygens (including phenoxy) is 2. The average molecular weight is 413 g/mol. The lowest BCUT2D eigenvalue weighted by molar-refractivity contribution is -0.134. The Morgan fingerprint density at radius 3 is 2.90 bits per heavy atom. The van der Waals surface area contributed by atoms with Crippen molar-refractivity contribution < 1.29 is 23.9 Å². The van der Waals surface area contributed by atoms with Gasteiger partial charge in [0.15, 0.2) is 11.5 Å². The fourth-order valence-corrected chi connectivity index (χ4v) is 5.15. The van der Waals surface area contributed by atoms with Crippen molar-refractivity contribution in [3.63, 3.8) is 0 Å². The Labute approximate surface area is 170 Å². The Kier molecular flexibility index (Phi) is 4.20. The summed E-state index contributed by atoms with van der Waals surface area (Å²) in [6.45, 7) is 0.582. The summed E-state index contributed by atoms with van der Waals surface area (Å²) in [6, 6.07) is 6.44. The van der Waals surface area contributed by atoms with Crippen LogP contribution in [0.25, 0.3) is 0 Å². The van der Waals surface area contributed by atoms with Gasteiger partial charge in [-0.2, -0.15) is 0 Å². The molecule has 1 atom stereocenters. The number of imide groups is 1. The maximum absolute atomic E-state index is 13.2. The van der Waals surface area contributed by atoms with E-state index in [0.29, 0.717) is 36.8 Å². The van der Waals surface area contributed by atoms with E-state index in [1.54, 1.807) is 29.5 Å². The predicted octanol–water partition coefficient (Wildman–Crippen LogP) is 2.24. The Morgan fingerprint density at radius 1 is 1.21 bits per heavy atom. The number of benzene rings is 1. The molecule has 8 nitrogen and oxygen atoms in total. The van der Waals surface area contributed by atoms with Crippen molar-refractivity contribution in [3.8, 4) is 11.5 Å². The number of hydrogen-bond acceptors (Lipinski definition) is 6. The van der Waals surface area contributed by atoms with E-state index in [1.807, 2.05) is 11.4 Å². The van der Waals surface area contributed by atoms with Crippen LogP contribution in [0.5, 0.6) is 11.5 Å². The molecule has 1 fully saturated rings. The average Bonchev–Trinajstić information content (AvgIpc) is 3.29. The third-order valence-corrected chi connectivity index (χ3v) is 6.44. The van der Waals surface area contributed by atoms with Crippen LogP contribution in [-0.2, 0) is 21.5 Å². The van der Waals surface area contributed by atoms with Gasteiger partial charge < -0.3 is 20.1 Å². The van der Waals surface area contributed by atoms with Crippen molar-refractivity contribution in [3.05, 3.63) is 40.1 Å². The summed E-state index contributed by atoms with van der Waals surface area (Å²) >= 11 is 1.59. The largest absolute Gasteiger partial charge is 0.486 e. The first kappa shape index (κ1) is 18.0. The number of amides is 4. The zero-order valence-corrected chi connectivity index (χ0v) is 16.3. The molecule has 1 saturated heterocycles. The number of fused-ring (bicyclic) bond motifs is 3. The van der Waals surface area contributed by atoms with E-state index in [0.717, 1.165) is 28.2 Å². The quantitative estimate of drug-likeness (QED) is 0.753. The molecule has 1 unspecified atom stereocenters. The molecule has 0 bridgehead atoms. The number of thiophene rings is 1. The molecule has 150 valence electrons. The van der Waals surface area contributed by atoms with Gasteiger partial charge in [0.1, 0.15) is 25.3 Å². The molecular weight excluding hydrogens is 394 g/mol. The van der Waals surface area contributed by atoms with Crippen LogP contribution in [0.1, 0.15) is 23.3 Å². The van der Waals surface area contributed by atoms with Crippen LogP contribution in [0.2, 0.25) is 0 Å². The third-order valence-electron chi connectivity index (χ3n) is 5.46. The minimum absolute atomic E-state index is 0.347. The molecule has 1 aromatic carbocycles. The Hall–Kier alpha value is -3.07. The van der Waals surface area contributed by atoms with Gasteiger partial charge in [0.2, 0.25) is 5.91 Å². The summed E-state index contributed by atoms with van der Waals surface area (Å²) in [7, 11) is 0. The molecular formula is C20H19N3O5S. The molecule has 2 aromatic rings. The van der Waals surface area contributed by atoms with E-state index in [2.05, 4.69) is 10.6 Å². The monoisotopic (exact) mass is 413 g/mol. The lowest BCUT2D eigenvalue weighted by Crippen LogP contribution is -2.46. The predicted molar refractivity (Wildman–Crippen MR) is 105 cm³/mol. The van der Waals surface area contributed by atoms with Gasteiger partial charge in [0, 0.05) is 22.2 Å². The van der Waals surface area contributed by atoms with E-state index < -0.39 is 17.5 Å². The number of anilines is 1. The lowest BCUT2D eigenvalue weighted by atomic mass is 9.80. The zero-order valence-electron chi connectivity index (χ0n) is 15.5. The number of hydrogen-bond donors (Lipinski definition) is 2. The molecule has 4 amide bonds. The molecule has 3 aliphatic rings. The standard InChI is InChI=1S/C20H19N3O5S/c24-17(21-12-3-4-14-15(10-12)28-8-7-27-14)11-23-18(25)20(22-19(23)26)6-1-2-16-13(20)5-9-29-16/h3-5,9-10H,1-2,6-8,11H2,(H,21,24)(H,22,26). The minimum Gasteiger partial charge on any atom is -0.486 e. The summed E-state index contributed by atoms with van der Waals surface area (Å²) in [5.74, 6) is 0.354. The van der Waals surface area contributed by atoms with E-state index in [1.165, 1.54) is 0 Å². The lowest BCUT2D eigenvalue weighted by Gasteiger charge is -2.31. The van der Waals surface area contributed by atoms with Crippen LogP contribution in [0, 0.1) is 0 Å². The van der Waals surface area contributed by atoms with Gasteiger partial charge in [-0.1, -0.05) is 0 Å². The van der Waals surface area contributed by atoms with Crippen LogP contribution in [0.3, 0.4) is 0 Å². The van der Waals surface area contributed by atoms with E-state index in [9.17, 15) is 14.4 Å². The molecule has 1 aliphatic carbocycles. The third kappa shape index (κ3) is 2.93. The first-order valence-corrected chi connectivity index (χ1v) is 10.4. The van der Waals surface area contributed by atoms with Gasteiger partial charge in [-0.25, -0.2) is 4.79 Å². The van der Waals surface area contributed by atoms with Crippen LogP contribution in [0.15, 0.2) is 29.6 Å². The Balaban J connectivity index is 1.32. The summed E-state index contributed by atoms with van der Waals surface area (Å²) in [5, 5.41) is 7.51. The smallest absolute Gasteiger partial charge is 0.325 e. The first-order valence-electron chi connectivity index (χ1n) is 9.47. The SMILES string of the molecule is O=C(CN1C(=O)NC2(CCCc3sccc32)C1=O)Nc1ccc2c(c1)OCCO2. The molecule has 2 aliphatic heterocycles. The van der Waals surface area contributed by atoms with Crippen LogP contribution < -0.4 is 20.1 Å². The maximum atomic E-state index is 13.2. The highest BCUT2D eigenvalue weighted by Gasteiger charge is 2.54. The van der Waals surface area contributed by atoms with Crippen molar-refractivity contribution in [1.82, 2.24) is 10.2 Å². The molecule has 9 heteroatoms. The summed E-state index contributed by atoms with van der Waals surface area (Å²) < 4.78 is 11.0. The van der Waals surface area contributed by atoms with E-state index in [4.69, 9.17) is 9.47 Å². The van der Waals surface area contributed by atoms with Crippen LogP contribution in [0.4, 0.5) is 10.5 Å². The van der Waals surface area contributed by atoms with Gasteiger partial charge in [0.05, 0.1) is 0 Å². The van der Waals surface area contributed by atoms with Crippen molar-refractivity contribution in [2.75, 3.05) is 25.1 Å². The number of carbonyl (C=O) groups is 3. The van der Waals surface area contributed by atoms with Crippen LogP contribution in [-0.4, -0.2) is 42.5 Å². The second-order valence-corrected chi connectivity index (χ2v) is 8.25. The number of aryl methyl sites for hydroxylation is 1. The van der Waals surface area contributed by atoms with Gasteiger partial charge in [-0.3, -0.25) is 14.5 Å². The number of carbonyl (C=O) groups excluding carboxylic acids is 3. The van der Waals surface area contributed by atoms with Crippen molar-refractivity contribution in [2.24, 2.45) is 0 Å². The molecule has 1 spiro atoms. The Bertz CT molecular complexity index is 1020. The van der Waals surface area contributed by atoms with E-state index >= 15 is 0 Å². The van der Waals surface area contributed by atoms with Crippen molar-refractivity contribution in [2.45, 2.75) is 24.8 Å². The van der Waals surface area contributed by atoms with Crippen molar-refractivity contribution in [1.29, 1.82) is 0 Å². The summed E-state index contributed by atoms with van der Waals surface area (Å²) in [5.41, 5.74) is 0.336. The zero-order chi connectivity index (χ0) is 20.0. The fraction of sp³-hybridized carbons (Fsp3) is 0.350. The molecule has 5 rings (SSSR count). The minimum atomic E-state index is -1.04. The number of nitrogens with zero attached hydrogens (tertiary/aromatic N) is 1. The first-order chi connectivity index (χ1) is 14.1. The van der Waals surface area contributed by atoms with E-state index in [-0.39, 0.29) is 12.5 Å². The second kappa shape index (κ2) is 6.77. The van der Waals surface area contributed by atoms with Gasteiger partial charge in [0.25, 0.3) is 5.91 Å². The van der Waals surface area contributed by atoms with Gasteiger partial charge >= 0.3 is 6.03 Å². The fourth-order valence-electron chi connectivity index (χ4n) is 4.15. The molecule has 29 heavy (non-hydrogen) atoms. The highest BCUT2D eigenvalue weighted by atomic mass is 32.1. The van der Waals surface area contributed by atoms with Gasteiger partial charge in [-0.15, -0.1) is 11.3 Å². The Morgan fingerprint density at radius 2 is 2.03 bits per heavy atom. The highest BCUT2D eigenvalue weighted by molar-refractivity contribution is 7.10. The molecule has 2 N–H and O–H groups in total. The molecule has 0 radical (unpaired) electrons. The van der Waals surface area contributed by atoms with Crippen molar-refractivity contribution >= 4 is 34.9 Å². The highest BCUT2D eigenvalue weighted by Crippen LogP contribution is 2.42. The number of nitrogens with one attached hydrogen (secondary N) is 2. The molecule has 1 aromatic heterocycles. The summed E-state index contributed by atoms with van der Waals surface area (Å²) in [6.07, 6.45) is 2.26. The maximum Gasteiger partial charge on any atom is 0.325 e. The molecule has 3 heterocycles. The van der Waals surface area contributed by atoms with Crippen LogP contribution >= 0.6 is 11.3 Å².